The van der Waals surface area contributed by atoms with Gasteiger partial charge in [-0.25, -0.2) is 9.67 Å². The highest BCUT2D eigenvalue weighted by molar-refractivity contribution is 5.96. The van der Waals surface area contributed by atoms with Gasteiger partial charge in [0.25, 0.3) is 11.8 Å². The Kier molecular flexibility index (Phi) is 6.26. The van der Waals surface area contributed by atoms with E-state index in [9.17, 15) is 14.4 Å². The molecule has 2 aromatic heterocycles. The van der Waals surface area contributed by atoms with Crippen LogP contribution in [0.4, 0.5) is 0 Å². The van der Waals surface area contributed by atoms with Gasteiger partial charge in [-0.1, -0.05) is 48.5 Å². The van der Waals surface area contributed by atoms with E-state index in [0.29, 0.717) is 5.82 Å². The molecule has 33 heavy (non-hydrogen) atoms. The van der Waals surface area contributed by atoms with Gasteiger partial charge < -0.3 is 9.73 Å². The summed E-state index contributed by atoms with van der Waals surface area (Å²) in [5.41, 5.74) is 6.04. The number of carbonyl (C=O) groups excluding carboxylic acids is 3. The minimum absolute atomic E-state index is 0.0720. The first kappa shape index (κ1) is 21.5. The molecule has 0 aliphatic rings. The number of nitrogens with one attached hydrogen (secondary N) is 3. The maximum Gasteiger partial charge on any atom is 0.309 e. The molecule has 166 valence electrons. The summed E-state index contributed by atoms with van der Waals surface area (Å²) in [7, 11) is 0. The van der Waals surface area contributed by atoms with E-state index in [1.54, 1.807) is 10.7 Å². The van der Waals surface area contributed by atoms with Crippen molar-refractivity contribution in [2.24, 2.45) is 0 Å². The van der Waals surface area contributed by atoms with E-state index in [4.69, 9.17) is 4.42 Å². The van der Waals surface area contributed by atoms with Crippen LogP contribution >= 0.6 is 0 Å². The molecule has 4 rings (SSSR count). The molecule has 0 aliphatic heterocycles. The summed E-state index contributed by atoms with van der Waals surface area (Å²) in [5, 5.41) is 6.79. The monoisotopic (exact) mass is 444 g/mol. The maximum atomic E-state index is 12.6. The first-order chi connectivity index (χ1) is 16.0. The topological polar surface area (TPSA) is 131 Å². The first-order valence-corrected chi connectivity index (χ1v) is 10.1. The predicted molar refractivity (Wildman–Crippen MR) is 118 cm³/mol. The molecule has 10 heteroatoms. The van der Waals surface area contributed by atoms with Crippen LogP contribution in [-0.4, -0.2) is 38.5 Å². The van der Waals surface area contributed by atoms with Crippen LogP contribution in [0.15, 0.2) is 83.5 Å². The van der Waals surface area contributed by atoms with Crippen molar-refractivity contribution < 1.29 is 18.8 Å². The van der Waals surface area contributed by atoms with Crippen molar-refractivity contribution >= 4 is 17.7 Å². The quantitative estimate of drug-likeness (QED) is 0.391. The van der Waals surface area contributed by atoms with Crippen LogP contribution in [0.2, 0.25) is 0 Å². The number of aromatic nitrogens is 3. The van der Waals surface area contributed by atoms with E-state index in [1.165, 1.54) is 19.3 Å². The molecular weight excluding hydrogens is 424 g/mol. The molecular formula is C23H20N6O4. The number of amides is 3. The first-order valence-electron chi connectivity index (χ1n) is 10.1. The Morgan fingerprint density at radius 2 is 1.58 bits per heavy atom. The summed E-state index contributed by atoms with van der Waals surface area (Å²) >= 11 is 0. The molecule has 2 heterocycles. The molecule has 1 atom stereocenters. The fourth-order valence-electron chi connectivity index (χ4n) is 2.96. The SMILES string of the molecule is C[C@H](NC(=O)c1ccco1)C(=O)NNC(=O)c1nc(-c2ccccc2)n(-c2ccccc2)n1. The number of benzene rings is 2. The fourth-order valence-corrected chi connectivity index (χ4v) is 2.96. The number of para-hydroxylation sites is 1. The lowest BCUT2D eigenvalue weighted by Gasteiger charge is -2.13. The molecule has 0 unspecified atom stereocenters. The van der Waals surface area contributed by atoms with E-state index in [0.717, 1.165) is 11.3 Å². The minimum atomic E-state index is -0.933. The Labute approximate surface area is 188 Å². The summed E-state index contributed by atoms with van der Waals surface area (Å²) in [5.74, 6) is -1.48. The summed E-state index contributed by atoms with van der Waals surface area (Å²) in [4.78, 5) is 41.3. The molecule has 0 aliphatic carbocycles. The van der Waals surface area contributed by atoms with Crippen molar-refractivity contribution in [3.05, 3.63) is 90.6 Å². The second kappa shape index (κ2) is 9.60. The van der Waals surface area contributed by atoms with Crippen LogP contribution in [-0.2, 0) is 4.79 Å². The third-order valence-corrected chi connectivity index (χ3v) is 4.63. The van der Waals surface area contributed by atoms with Gasteiger partial charge in [0.2, 0.25) is 5.82 Å². The highest BCUT2D eigenvalue weighted by atomic mass is 16.3. The molecule has 3 N–H and O–H groups in total. The van der Waals surface area contributed by atoms with Crippen LogP contribution in [0.5, 0.6) is 0 Å². The molecule has 0 spiro atoms. The number of rotatable bonds is 6. The molecule has 4 aromatic rings. The Hall–Kier alpha value is -4.73. The molecule has 0 saturated heterocycles. The Balaban J connectivity index is 1.46. The van der Waals surface area contributed by atoms with Gasteiger partial charge in [0, 0.05) is 5.56 Å². The number of furan rings is 1. The molecule has 0 saturated carbocycles. The Morgan fingerprint density at radius 3 is 2.24 bits per heavy atom. The number of carbonyl (C=O) groups is 3. The lowest BCUT2D eigenvalue weighted by molar-refractivity contribution is -0.123. The molecule has 0 fully saturated rings. The number of hydrogen-bond acceptors (Lipinski definition) is 6. The van der Waals surface area contributed by atoms with Gasteiger partial charge in [-0.3, -0.25) is 25.2 Å². The van der Waals surface area contributed by atoms with Gasteiger partial charge >= 0.3 is 5.91 Å². The van der Waals surface area contributed by atoms with Crippen LogP contribution < -0.4 is 16.2 Å². The number of hydrazine groups is 1. The van der Waals surface area contributed by atoms with Crippen LogP contribution in [0.3, 0.4) is 0 Å². The highest BCUT2D eigenvalue weighted by Crippen LogP contribution is 2.20. The van der Waals surface area contributed by atoms with E-state index in [2.05, 4.69) is 26.3 Å². The fraction of sp³-hybridized carbons (Fsp3) is 0.0870. The maximum absolute atomic E-state index is 12.6. The van der Waals surface area contributed by atoms with Crippen LogP contribution in [0.25, 0.3) is 17.1 Å². The van der Waals surface area contributed by atoms with Gasteiger partial charge in [0.05, 0.1) is 12.0 Å². The minimum Gasteiger partial charge on any atom is -0.459 e. The van der Waals surface area contributed by atoms with E-state index < -0.39 is 23.8 Å². The lowest BCUT2D eigenvalue weighted by Crippen LogP contribution is -2.51. The van der Waals surface area contributed by atoms with Crippen molar-refractivity contribution in [2.45, 2.75) is 13.0 Å². The van der Waals surface area contributed by atoms with E-state index in [-0.39, 0.29) is 11.6 Å². The second-order valence-electron chi connectivity index (χ2n) is 6.99. The smallest absolute Gasteiger partial charge is 0.309 e. The molecule has 0 bridgehead atoms. The van der Waals surface area contributed by atoms with Gasteiger partial charge in [-0.05, 0) is 31.2 Å². The molecule has 10 nitrogen and oxygen atoms in total. The van der Waals surface area contributed by atoms with Crippen molar-refractivity contribution in [3.63, 3.8) is 0 Å². The van der Waals surface area contributed by atoms with Crippen molar-refractivity contribution in [1.82, 2.24) is 30.9 Å². The molecule has 0 radical (unpaired) electrons. The standard InChI is InChI=1S/C23H20N6O4/c1-15(24-22(31)18-13-8-14-33-18)21(30)26-27-23(32)19-25-20(16-9-4-2-5-10-16)29(28-19)17-11-6-3-7-12-17/h2-15H,1H3,(H,24,31)(H,26,30)(H,27,32)/t15-/m0/s1. The number of nitrogens with zero attached hydrogens (tertiary/aromatic N) is 3. The van der Waals surface area contributed by atoms with Crippen LogP contribution in [0, 0.1) is 0 Å². The highest BCUT2D eigenvalue weighted by Gasteiger charge is 2.21. The van der Waals surface area contributed by atoms with Gasteiger partial charge in [0.1, 0.15) is 6.04 Å². The Bertz CT molecular complexity index is 1200. The second-order valence-corrected chi connectivity index (χ2v) is 6.99. The van der Waals surface area contributed by atoms with E-state index in [1.807, 2.05) is 60.7 Å². The third-order valence-electron chi connectivity index (χ3n) is 4.63. The largest absolute Gasteiger partial charge is 0.459 e. The van der Waals surface area contributed by atoms with Crippen LogP contribution in [0.1, 0.15) is 28.1 Å². The summed E-state index contributed by atoms with van der Waals surface area (Å²) in [6, 6.07) is 20.7. The summed E-state index contributed by atoms with van der Waals surface area (Å²) < 4.78 is 6.54. The average molecular weight is 444 g/mol. The number of hydrogen-bond donors (Lipinski definition) is 3. The predicted octanol–water partition coefficient (Wildman–Crippen LogP) is 2.11. The summed E-state index contributed by atoms with van der Waals surface area (Å²) in [6.07, 6.45) is 1.35. The zero-order chi connectivity index (χ0) is 23.2. The molecule has 2 aromatic carbocycles. The zero-order valence-electron chi connectivity index (χ0n) is 17.6. The normalized spacial score (nSPS) is 11.4. The summed E-state index contributed by atoms with van der Waals surface area (Å²) in [6.45, 7) is 1.47. The van der Waals surface area contributed by atoms with Crippen molar-refractivity contribution in [2.75, 3.05) is 0 Å². The van der Waals surface area contributed by atoms with Crippen molar-refractivity contribution in [3.8, 4) is 17.1 Å². The van der Waals surface area contributed by atoms with Gasteiger partial charge in [0.15, 0.2) is 11.6 Å². The van der Waals surface area contributed by atoms with Gasteiger partial charge in [-0.15, -0.1) is 5.10 Å². The zero-order valence-corrected chi connectivity index (χ0v) is 17.6. The third kappa shape index (κ3) is 4.96. The molecule has 3 amide bonds. The Morgan fingerprint density at radius 1 is 0.879 bits per heavy atom. The van der Waals surface area contributed by atoms with Crippen molar-refractivity contribution in [1.29, 1.82) is 0 Å². The van der Waals surface area contributed by atoms with Gasteiger partial charge in [-0.2, -0.15) is 0 Å². The van der Waals surface area contributed by atoms with E-state index >= 15 is 0 Å². The lowest BCUT2D eigenvalue weighted by atomic mass is 10.2. The average Bonchev–Trinajstić information content (AvgIpc) is 3.54.